The molecule has 1 aliphatic rings. The molecule has 2 aromatic rings. The second-order valence-electron chi connectivity index (χ2n) is 8.01. The Hall–Kier alpha value is -2.12. The van der Waals surface area contributed by atoms with Gasteiger partial charge in [0.1, 0.15) is 5.75 Å². The molecule has 1 N–H and O–H groups in total. The van der Waals surface area contributed by atoms with Gasteiger partial charge in [-0.2, -0.15) is 0 Å². The zero-order valence-electron chi connectivity index (χ0n) is 17.9. The molecule has 6 nitrogen and oxygen atoms in total. The highest BCUT2D eigenvalue weighted by atomic mass is 32.1. The zero-order valence-corrected chi connectivity index (χ0v) is 18.7. The Balaban J connectivity index is 1.45. The molecule has 0 radical (unpaired) electrons. The number of aromatic nitrogens is 1. The molecule has 158 valence electrons. The van der Waals surface area contributed by atoms with Gasteiger partial charge in [-0.05, 0) is 62.4 Å². The van der Waals surface area contributed by atoms with E-state index in [1.165, 1.54) is 17.7 Å². The van der Waals surface area contributed by atoms with Crippen LogP contribution in [0.1, 0.15) is 36.1 Å². The van der Waals surface area contributed by atoms with Crippen LogP contribution >= 0.6 is 11.3 Å². The van der Waals surface area contributed by atoms with Crippen molar-refractivity contribution in [2.24, 2.45) is 5.92 Å². The standard InChI is InChI=1S/C22H32N4O2S/c1-16-12-18(28-4)8-9-20(16)24-21(27)10-7-17-6-5-11-26(14-17)15-19-13-23-22(29-19)25(2)3/h8-9,12-13,17H,5-7,10-11,14-15H2,1-4H3,(H,24,27). The molecule has 0 bridgehead atoms. The number of methoxy groups -OCH3 is 1. The molecule has 29 heavy (non-hydrogen) atoms. The van der Waals surface area contributed by atoms with Gasteiger partial charge in [0, 0.05) is 50.4 Å². The predicted octanol–water partition coefficient (Wildman–Crippen LogP) is 4.16. The largest absolute Gasteiger partial charge is 0.497 e. The quantitative estimate of drug-likeness (QED) is 0.700. The first-order chi connectivity index (χ1) is 13.9. The fourth-order valence-electron chi connectivity index (χ4n) is 3.78. The summed E-state index contributed by atoms with van der Waals surface area (Å²) >= 11 is 1.76. The van der Waals surface area contributed by atoms with Crippen molar-refractivity contribution >= 4 is 28.1 Å². The van der Waals surface area contributed by atoms with Crippen LogP contribution in [0.25, 0.3) is 0 Å². The molecule has 0 aliphatic carbocycles. The minimum atomic E-state index is 0.0912. The SMILES string of the molecule is COc1ccc(NC(=O)CCC2CCCN(Cc3cnc(N(C)C)s3)C2)c(C)c1. The van der Waals surface area contributed by atoms with Gasteiger partial charge in [-0.25, -0.2) is 4.98 Å². The van der Waals surface area contributed by atoms with Crippen molar-refractivity contribution in [2.75, 3.05) is 44.5 Å². The Morgan fingerprint density at radius 3 is 2.93 bits per heavy atom. The summed E-state index contributed by atoms with van der Waals surface area (Å²) in [4.78, 5) is 22.8. The van der Waals surface area contributed by atoms with E-state index < -0.39 is 0 Å². The van der Waals surface area contributed by atoms with E-state index in [-0.39, 0.29) is 5.91 Å². The van der Waals surface area contributed by atoms with E-state index >= 15 is 0 Å². The summed E-state index contributed by atoms with van der Waals surface area (Å²) in [6, 6.07) is 5.73. The lowest BCUT2D eigenvalue weighted by atomic mass is 9.93. The van der Waals surface area contributed by atoms with Gasteiger partial charge in [-0.15, -0.1) is 11.3 Å². The maximum atomic E-state index is 12.4. The van der Waals surface area contributed by atoms with E-state index in [1.54, 1.807) is 18.4 Å². The van der Waals surface area contributed by atoms with Crippen molar-refractivity contribution in [3.8, 4) is 5.75 Å². The molecule has 1 saturated heterocycles. The number of piperidine rings is 1. The summed E-state index contributed by atoms with van der Waals surface area (Å²) in [6.07, 6.45) is 5.90. The average Bonchev–Trinajstić information content (AvgIpc) is 3.17. The zero-order chi connectivity index (χ0) is 20.8. The minimum absolute atomic E-state index is 0.0912. The lowest BCUT2D eigenvalue weighted by Gasteiger charge is -2.32. The van der Waals surface area contributed by atoms with Gasteiger partial charge in [0.15, 0.2) is 5.13 Å². The van der Waals surface area contributed by atoms with Crippen LogP contribution in [0.2, 0.25) is 0 Å². The van der Waals surface area contributed by atoms with E-state index in [1.807, 2.05) is 45.4 Å². The molecule has 7 heteroatoms. The number of likely N-dealkylation sites (tertiary alicyclic amines) is 1. The van der Waals surface area contributed by atoms with Crippen LogP contribution in [-0.2, 0) is 11.3 Å². The maximum Gasteiger partial charge on any atom is 0.224 e. The van der Waals surface area contributed by atoms with Crippen molar-refractivity contribution in [2.45, 2.75) is 39.2 Å². The summed E-state index contributed by atoms with van der Waals surface area (Å²) in [7, 11) is 5.70. The van der Waals surface area contributed by atoms with E-state index in [0.29, 0.717) is 12.3 Å². The predicted molar refractivity (Wildman–Crippen MR) is 120 cm³/mol. The summed E-state index contributed by atoms with van der Waals surface area (Å²) in [6.45, 7) is 5.13. The van der Waals surface area contributed by atoms with Crippen molar-refractivity contribution in [1.29, 1.82) is 0 Å². The summed E-state index contributed by atoms with van der Waals surface area (Å²) in [5.74, 6) is 1.47. The topological polar surface area (TPSA) is 57.7 Å². The highest BCUT2D eigenvalue weighted by molar-refractivity contribution is 7.15. The van der Waals surface area contributed by atoms with Crippen LogP contribution < -0.4 is 15.0 Å². The second-order valence-corrected chi connectivity index (χ2v) is 9.11. The number of rotatable bonds is 8. The van der Waals surface area contributed by atoms with Crippen LogP contribution in [0, 0.1) is 12.8 Å². The fraction of sp³-hybridized carbons (Fsp3) is 0.545. The molecule has 0 saturated carbocycles. The molecule has 1 unspecified atom stereocenters. The van der Waals surface area contributed by atoms with Crippen LogP contribution in [0.15, 0.2) is 24.4 Å². The molecule has 1 aromatic carbocycles. The Bertz CT molecular complexity index is 821. The molecule has 1 aliphatic heterocycles. The van der Waals surface area contributed by atoms with Crippen LogP contribution in [0.4, 0.5) is 10.8 Å². The van der Waals surface area contributed by atoms with Gasteiger partial charge in [0.25, 0.3) is 0 Å². The van der Waals surface area contributed by atoms with Gasteiger partial charge in [-0.3, -0.25) is 9.69 Å². The average molecular weight is 417 g/mol. The van der Waals surface area contributed by atoms with Gasteiger partial charge in [-0.1, -0.05) is 0 Å². The normalized spacial score (nSPS) is 17.2. The number of nitrogens with one attached hydrogen (secondary N) is 1. The third kappa shape index (κ3) is 6.18. The van der Waals surface area contributed by atoms with Gasteiger partial charge >= 0.3 is 0 Å². The number of nitrogens with zero attached hydrogens (tertiary/aromatic N) is 3. The maximum absolute atomic E-state index is 12.4. The molecular weight excluding hydrogens is 384 g/mol. The van der Waals surface area contributed by atoms with E-state index in [2.05, 4.69) is 20.1 Å². The highest BCUT2D eigenvalue weighted by Crippen LogP contribution is 2.27. The number of amides is 1. The van der Waals surface area contributed by atoms with Crippen LogP contribution in [0.3, 0.4) is 0 Å². The Morgan fingerprint density at radius 2 is 2.24 bits per heavy atom. The monoisotopic (exact) mass is 416 g/mol. The van der Waals surface area contributed by atoms with Gasteiger partial charge in [0.2, 0.25) is 5.91 Å². The van der Waals surface area contributed by atoms with Gasteiger partial charge in [0.05, 0.1) is 7.11 Å². The number of ether oxygens (including phenoxy) is 1. The van der Waals surface area contributed by atoms with Crippen LogP contribution in [-0.4, -0.2) is 50.1 Å². The first-order valence-corrected chi connectivity index (χ1v) is 11.0. The summed E-state index contributed by atoms with van der Waals surface area (Å²) < 4.78 is 5.22. The van der Waals surface area contributed by atoms with Gasteiger partial charge < -0.3 is 15.0 Å². The minimum Gasteiger partial charge on any atom is -0.497 e. The molecule has 2 heterocycles. The highest BCUT2D eigenvalue weighted by Gasteiger charge is 2.21. The van der Waals surface area contributed by atoms with E-state index in [4.69, 9.17) is 4.74 Å². The molecular formula is C22H32N4O2S. The molecule has 1 amide bonds. The van der Waals surface area contributed by atoms with Crippen LogP contribution in [0.5, 0.6) is 5.75 Å². The number of thiazole rings is 1. The first kappa shape index (κ1) is 21.6. The number of carbonyl (C=O) groups excluding carboxylic acids is 1. The Labute approximate surface area is 177 Å². The van der Waals surface area contributed by atoms with Crippen molar-refractivity contribution in [1.82, 2.24) is 9.88 Å². The summed E-state index contributed by atoms with van der Waals surface area (Å²) in [5.41, 5.74) is 1.88. The van der Waals surface area contributed by atoms with Crippen molar-refractivity contribution < 1.29 is 9.53 Å². The summed E-state index contributed by atoms with van der Waals surface area (Å²) in [5, 5.41) is 4.10. The molecule has 3 rings (SSSR count). The number of benzene rings is 1. The molecule has 1 fully saturated rings. The molecule has 0 spiro atoms. The number of hydrogen-bond donors (Lipinski definition) is 1. The number of aryl methyl sites for hydroxylation is 1. The number of hydrogen-bond acceptors (Lipinski definition) is 6. The Morgan fingerprint density at radius 1 is 1.41 bits per heavy atom. The van der Waals surface area contributed by atoms with E-state index in [9.17, 15) is 4.79 Å². The van der Waals surface area contributed by atoms with E-state index in [0.717, 1.165) is 48.2 Å². The van der Waals surface area contributed by atoms with Crippen molar-refractivity contribution in [3.05, 3.63) is 34.8 Å². The fourth-order valence-corrected chi connectivity index (χ4v) is 4.65. The molecule has 1 atom stereocenters. The smallest absolute Gasteiger partial charge is 0.224 e. The van der Waals surface area contributed by atoms with Crippen molar-refractivity contribution in [3.63, 3.8) is 0 Å². The first-order valence-electron chi connectivity index (χ1n) is 10.2. The Kier molecular flexibility index (Phi) is 7.50. The number of anilines is 2. The number of carbonyl (C=O) groups is 1. The lowest BCUT2D eigenvalue weighted by Crippen LogP contribution is -2.35. The lowest BCUT2D eigenvalue weighted by molar-refractivity contribution is -0.116. The third-order valence-electron chi connectivity index (χ3n) is 5.39. The third-order valence-corrected chi connectivity index (χ3v) is 6.54. The molecule has 1 aromatic heterocycles. The second kappa shape index (κ2) is 10.1.